The molecule has 0 amide bonds. The second-order valence-corrected chi connectivity index (χ2v) is 6.31. The predicted octanol–water partition coefficient (Wildman–Crippen LogP) is 0.175. The third-order valence-corrected chi connectivity index (χ3v) is 4.98. The zero-order valence-corrected chi connectivity index (χ0v) is 7.99. The summed E-state index contributed by atoms with van der Waals surface area (Å²) in [4.78, 5) is 0. The van der Waals surface area contributed by atoms with E-state index in [2.05, 4.69) is 5.32 Å². The number of rotatable bonds is 0. The Bertz CT molecular complexity index is 265. The molecule has 0 aromatic carbocycles. The third kappa shape index (κ3) is 1.50. The van der Waals surface area contributed by atoms with Gasteiger partial charge in [-0.1, -0.05) is 0 Å². The summed E-state index contributed by atoms with van der Waals surface area (Å²) in [5.74, 6) is 0.835. The van der Waals surface area contributed by atoms with E-state index in [0.717, 1.165) is 32.4 Å². The summed E-state index contributed by atoms with van der Waals surface area (Å²) in [5.41, 5.74) is 0.108. The van der Waals surface area contributed by atoms with Crippen molar-refractivity contribution in [1.29, 1.82) is 0 Å². The van der Waals surface area contributed by atoms with E-state index in [1.165, 1.54) is 0 Å². The zero-order chi connectivity index (χ0) is 8.66. The molecular formula is C8H15NO2S. The van der Waals surface area contributed by atoms with Gasteiger partial charge in [-0.25, -0.2) is 8.42 Å². The molecule has 2 saturated heterocycles. The Morgan fingerprint density at radius 3 is 2.67 bits per heavy atom. The van der Waals surface area contributed by atoms with Gasteiger partial charge < -0.3 is 5.32 Å². The fourth-order valence-corrected chi connectivity index (χ4v) is 4.46. The zero-order valence-electron chi connectivity index (χ0n) is 7.17. The van der Waals surface area contributed by atoms with E-state index in [9.17, 15) is 8.42 Å². The second kappa shape index (κ2) is 2.70. The Morgan fingerprint density at radius 2 is 2.08 bits per heavy atom. The van der Waals surface area contributed by atoms with Gasteiger partial charge in [-0.15, -0.1) is 0 Å². The topological polar surface area (TPSA) is 46.2 Å². The minimum Gasteiger partial charge on any atom is -0.316 e. The summed E-state index contributed by atoms with van der Waals surface area (Å²) >= 11 is 0. The van der Waals surface area contributed by atoms with Gasteiger partial charge in [0.25, 0.3) is 0 Å². The van der Waals surface area contributed by atoms with Crippen LogP contribution in [-0.4, -0.2) is 33.0 Å². The quantitative estimate of drug-likeness (QED) is 0.591. The molecule has 2 rings (SSSR count). The van der Waals surface area contributed by atoms with Crippen LogP contribution in [0.4, 0.5) is 0 Å². The minimum atomic E-state index is -2.71. The standard InChI is InChI=1S/C8H15NO2S/c10-12(11)5-1-2-8(7-12)3-4-9-6-8/h9H,1-7H2. The Kier molecular flexibility index (Phi) is 1.92. The predicted molar refractivity (Wildman–Crippen MR) is 47.8 cm³/mol. The second-order valence-electron chi connectivity index (χ2n) is 4.12. The maximum atomic E-state index is 11.4. The van der Waals surface area contributed by atoms with Crippen molar-refractivity contribution in [1.82, 2.24) is 5.32 Å². The number of hydrogen-bond donors (Lipinski definition) is 1. The smallest absolute Gasteiger partial charge is 0.150 e. The SMILES string of the molecule is O=S1(=O)CCCC2(CCNC2)C1. The van der Waals surface area contributed by atoms with Gasteiger partial charge in [-0.3, -0.25) is 0 Å². The lowest BCUT2D eigenvalue weighted by Gasteiger charge is -2.31. The van der Waals surface area contributed by atoms with Crippen LogP contribution < -0.4 is 5.32 Å². The highest BCUT2D eigenvalue weighted by Gasteiger charge is 2.40. The van der Waals surface area contributed by atoms with E-state index in [1.807, 2.05) is 0 Å². The van der Waals surface area contributed by atoms with Gasteiger partial charge in [0.2, 0.25) is 0 Å². The number of hydrogen-bond acceptors (Lipinski definition) is 3. The molecule has 1 spiro atoms. The fraction of sp³-hybridized carbons (Fsp3) is 1.00. The molecule has 2 aliphatic rings. The average molecular weight is 189 g/mol. The van der Waals surface area contributed by atoms with Crippen LogP contribution in [0.15, 0.2) is 0 Å². The molecule has 1 atom stereocenters. The lowest BCUT2D eigenvalue weighted by atomic mass is 9.84. The summed E-state index contributed by atoms with van der Waals surface area (Å²) in [6.07, 6.45) is 3.01. The third-order valence-electron chi connectivity index (χ3n) is 3.02. The Balaban J connectivity index is 2.17. The van der Waals surface area contributed by atoms with Crippen LogP contribution in [-0.2, 0) is 9.84 Å². The molecule has 1 unspecified atom stereocenters. The molecule has 0 aliphatic carbocycles. The minimum absolute atomic E-state index is 0.108. The highest BCUT2D eigenvalue weighted by molar-refractivity contribution is 7.91. The molecule has 0 bridgehead atoms. The van der Waals surface area contributed by atoms with Gasteiger partial charge in [0.05, 0.1) is 11.5 Å². The van der Waals surface area contributed by atoms with Crippen molar-refractivity contribution in [2.75, 3.05) is 24.6 Å². The van der Waals surface area contributed by atoms with Crippen molar-refractivity contribution in [2.45, 2.75) is 19.3 Å². The first-order valence-electron chi connectivity index (χ1n) is 4.53. The first-order valence-corrected chi connectivity index (χ1v) is 6.35. The number of sulfone groups is 1. The van der Waals surface area contributed by atoms with Gasteiger partial charge in [0.15, 0.2) is 9.84 Å². The van der Waals surface area contributed by atoms with Crippen LogP contribution in [0.5, 0.6) is 0 Å². The maximum Gasteiger partial charge on any atom is 0.150 e. The van der Waals surface area contributed by atoms with Crippen molar-refractivity contribution in [3.8, 4) is 0 Å². The summed E-state index contributed by atoms with van der Waals surface area (Å²) < 4.78 is 22.8. The van der Waals surface area contributed by atoms with Crippen molar-refractivity contribution in [3.05, 3.63) is 0 Å². The lowest BCUT2D eigenvalue weighted by Crippen LogP contribution is -2.37. The monoisotopic (exact) mass is 189 g/mol. The van der Waals surface area contributed by atoms with E-state index in [1.54, 1.807) is 0 Å². The average Bonchev–Trinajstić information content (AvgIpc) is 2.34. The maximum absolute atomic E-state index is 11.4. The van der Waals surface area contributed by atoms with Gasteiger partial charge in [-0.2, -0.15) is 0 Å². The van der Waals surface area contributed by atoms with Gasteiger partial charge in [0.1, 0.15) is 0 Å². The molecule has 0 aromatic heterocycles. The first-order chi connectivity index (χ1) is 5.62. The van der Waals surface area contributed by atoms with Gasteiger partial charge in [0, 0.05) is 6.54 Å². The molecule has 0 radical (unpaired) electrons. The van der Waals surface area contributed by atoms with Crippen LogP contribution in [0.2, 0.25) is 0 Å². The highest BCUT2D eigenvalue weighted by Crippen LogP contribution is 2.36. The lowest BCUT2D eigenvalue weighted by molar-refractivity contribution is 0.320. The molecule has 2 aliphatic heterocycles. The fourth-order valence-electron chi connectivity index (χ4n) is 2.41. The summed E-state index contributed by atoms with van der Waals surface area (Å²) in [7, 11) is -2.71. The van der Waals surface area contributed by atoms with Gasteiger partial charge in [-0.05, 0) is 31.2 Å². The molecule has 2 fully saturated rings. The van der Waals surface area contributed by atoms with Crippen molar-refractivity contribution in [2.24, 2.45) is 5.41 Å². The van der Waals surface area contributed by atoms with Crippen molar-refractivity contribution in [3.63, 3.8) is 0 Å². The molecule has 2 heterocycles. The first kappa shape index (κ1) is 8.51. The molecule has 0 saturated carbocycles. The summed E-state index contributed by atoms with van der Waals surface area (Å²) in [6, 6.07) is 0. The van der Waals surface area contributed by atoms with Crippen molar-refractivity contribution < 1.29 is 8.42 Å². The van der Waals surface area contributed by atoms with Crippen LogP contribution in [0, 0.1) is 5.41 Å². The largest absolute Gasteiger partial charge is 0.316 e. The van der Waals surface area contributed by atoms with Crippen LogP contribution in [0.1, 0.15) is 19.3 Å². The molecule has 4 heteroatoms. The molecule has 3 nitrogen and oxygen atoms in total. The molecule has 0 aromatic rings. The van der Waals surface area contributed by atoms with E-state index < -0.39 is 9.84 Å². The summed E-state index contributed by atoms with van der Waals surface area (Å²) in [5, 5.41) is 3.26. The van der Waals surface area contributed by atoms with E-state index >= 15 is 0 Å². The molecule has 70 valence electrons. The highest BCUT2D eigenvalue weighted by atomic mass is 32.2. The van der Waals surface area contributed by atoms with Crippen LogP contribution >= 0.6 is 0 Å². The Morgan fingerprint density at radius 1 is 1.25 bits per heavy atom. The summed E-state index contributed by atoms with van der Waals surface area (Å²) in [6.45, 7) is 1.90. The van der Waals surface area contributed by atoms with Gasteiger partial charge >= 0.3 is 0 Å². The van der Waals surface area contributed by atoms with Crippen LogP contribution in [0.3, 0.4) is 0 Å². The van der Waals surface area contributed by atoms with E-state index in [-0.39, 0.29) is 5.41 Å². The van der Waals surface area contributed by atoms with Crippen molar-refractivity contribution >= 4 is 9.84 Å². The van der Waals surface area contributed by atoms with Crippen LogP contribution in [0.25, 0.3) is 0 Å². The number of nitrogens with one attached hydrogen (secondary N) is 1. The Labute approximate surface area is 73.5 Å². The molecular weight excluding hydrogens is 174 g/mol. The van der Waals surface area contributed by atoms with E-state index in [0.29, 0.717) is 11.5 Å². The van der Waals surface area contributed by atoms with E-state index in [4.69, 9.17) is 0 Å². The Hall–Kier alpha value is -0.0900. The molecule has 1 N–H and O–H groups in total. The normalized spacial score (nSPS) is 40.3. The molecule has 12 heavy (non-hydrogen) atoms.